The van der Waals surface area contributed by atoms with E-state index in [1.807, 2.05) is 13.8 Å². The highest BCUT2D eigenvalue weighted by Crippen LogP contribution is 2.27. The number of fused-ring (bicyclic) bond motifs is 1. The molecule has 8 nitrogen and oxygen atoms in total. The van der Waals surface area contributed by atoms with E-state index in [-0.39, 0.29) is 58.5 Å². The fourth-order valence-electron chi connectivity index (χ4n) is 3.91. The molecule has 2 aromatic heterocycles. The van der Waals surface area contributed by atoms with E-state index in [1.54, 1.807) is 25.2 Å². The second-order valence-corrected chi connectivity index (χ2v) is 8.73. The molecule has 11 heteroatoms. The summed E-state index contributed by atoms with van der Waals surface area (Å²) in [7, 11) is 1.73. The largest absolute Gasteiger partial charge is 0.388 e. The second-order valence-electron chi connectivity index (χ2n) is 7.77. The lowest BCUT2D eigenvalue weighted by molar-refractivity contribution is 0.0927. The Kier molecular flexibility index (Phi) is 8.87. The van der Waals surface area contributed by atoms with Gasteiger partial charge < -0.3 is 16.4 Å². The Morgan fingerprint density at radius 3 is 2.62 bits per heavy atom. The van der Waals surface area contributed by atoms with Gasteiger partial charge in [-0.05, 0) is 43.9 Å². The van der Waals surface area contributed by atoms with Crippen molar-refractivity contribution in [2.45, 2.75) is 51.6 Å². The third-order valence-electron chi connectivity index (χ3n) is 5.67. The van der Waals surface area contributed by atoms with Crippen LogP contribution in [0, 0.1) is 5.41 Å². The number of amides is 1. The highest BCUT2D eigenvalue weighted by atomic mass is 35.5. The Morgan fingerprint density at radius 1 is 1.26 bits per heavy atom. The van der Waals surface area contributed by atoms with Gasteiger partial charge in [0.25, 0.3) is 5.91 Å². The molecule has 1 amide bonds. The number of anilines is 1. The molecule has 0 radical (unpaired) electrons. The summed E-state index contributed by atoms with van der Waals surface area (Å²) in [5.41, 5.74) is 8.22. The molecule has 1 saturated carbocycles. The van der Waals surface area contributed by atoms with E-state index in [1.165, 1.54) is 12.4 Å². The van der Waals surface area contributed by atoms with Crippen LogP contribution in [0.2, 0.25) is 5.02 Å². The van der Waals surface area contributed by atoms with Crippen LogP contribution in [-0.2, 0) is 0 Å². The van der Waals surface area contributed by atoms with Crippen LogP contribution in [0.1, 0.15) is 61.1 Å². The van der Waals surface area contributed by atoms with Crippen molar-refractivity contribution < 1.29 is 8.68 Å². The lowest BCUT2D eigenvalue weighted by Crippen LogP contribution is -2.40. The predicted octanol–water partition coefficient (Wildman–Crippen LogP) is 4.95. The molecular formula is C23H29ClFN7OS. The van der Waals surface area contributed by atoms with E-state index < -0.39 is 0 Å². The van der Waals surface area contributed by atoms with Gasteiger partial charge in [0.05, 0.1) is 17.5 Å². The highest BCUT2D eigenvalue weighted by molar-refractivity contribution is 7.92. The molecule has 0 unspecified atom stereocenters. The Balaban J connectivity index is 0.00000158. The number of nitrogens with one attached hydrogen (secondary N) is 3. The molecule has 2 heterocycles. The van der Waals surface area contributed by atoms with Gasteiger partial charge in [-0.15, -0.1) is 3.89 Å². The summed E-state index contributed by atoms with van der Waals surface area (Å²) in [5, 5.41) is 15.2. The molecule has 1 aromatic carbocycles. The molecule has 0 atom stereocenters. The summed E-state index contributed by atoms with van der Waals surface area (Å²) in [5.74, 6) is -0.344. The molecule has 182 valence electrons. The molecule has 3 aromatic rings. The number of nitrogens with zero attached hydrogens (tertiary/aromatic N) is 3. The van der Waals surface area contributed by atoms with Gasteiger partial charge in [-0.2, -0.15) is 0 Å². The third-order valence-corrected chi connectivity index (χ3v) is 6.33. The van der Waals surface area contributed by atoms with Crippen LogP contribution in [0.4, 0.5) is 9.57 Å². The topological polar surface area (TPSA) is 122 Å². The van der Waals surface area contributed by atoms with E-state index in [2.05, 4.69) is 20.6 Å². The smallest absolute Gasteiger partial charge is 0.255 e. The minimum atomic E-state index is -0.344. The fourth-order valence-corrected chi connectivity index (χ4v) is 4.43. The van der Waals surface area contributed by atoms with E-state index in [9.17, 15) is 8.68 Å². The van der Waals surface area contributed by atoms with Crippen molar-refractivity contribution in [2.24, 2.45) is 5.73 Å². The predicted molar refractivity (Wildman–Crippen MR) is 138 cm³/mol. The van der Waals surface area contributed by atoms with E-state index in [0.29, 0.717) is 16.3 Å². The first-order chi connectivity index (χ1) is 16.4. The summed E-state index contributed by atoms with van der Waals surface area (Å²) >= 11 is 6.00. The standard InChI is InChI=1S/C21H23ClFN7OS.C2H6/c1-26-16-8-11(22)2-7-14(16)18(25)17-9-27-20-19(29-17)15(10-30(20)32-23)21(31)28-13-5-3-12(24)4-6-13;1-2/h2,7-10,12-13,25-26H,3-6,24H2,1H3,(H,28,31);1-2H3. The van der Waals surface area contributed by atoms with Gasteiger partial charge >= 0.3 is 0 Å². The van der Waals surface area contributed by atoms with Crippen LogP contribution in [-0.4, -0.2) is 44.7 Å². The van der Waals surface area contributed by atoms with Gasteiger partial charge in [0, 0.05) is 41.6 Å². The normalized spacial score (nSPS) is 17.6. The van der Waals surface area contributed by atoms with Crippen molar-refractivity contribution in [1.29, 1.82) is 5.41 Å². The first-order valence-corrected chi connectivity index (χ1v) is 12.3. The van der Waals surface area contributed by atoms with Crippen LogP contribution in [0.3, 0.4) is 0 Å². The molecule has 4 rings (SSSR count). The van der Waals surface area contributed by atoms with Crippen LogP contribution in [0.25, 0.3) is 11.2 Å². The molecule has 34 heavy (non-hydrogen) atoms. The fraction of sp³-hybridized carbons (Fsp3) is 0.391. The number of benzene rings is 1. The summed E-state index contributed by atoms with van der Waals surface area (Å²) in [6.45, 7) is 4.00. The van der Waals surface area contributed by atoms with Crippen LogP contribution in [0.5, 0.6) is 0 Å². The Morgan fingerprint density at radius 2 is 1.97 bits per heavy atom. The average Bonchev–Trinajstić information content (AvgIpc) is 3.24. The lowest BCUT2D eigenvalue weighted by atomic mass is 9.92. The molecular weight excluding hydrogens is 477 g/mol. The number of hydrogen-bond acceptors (Lipinski definition) is 7. The third kappa shape index (κ3) is 5.51. The van der Waals surface area contributed by atoms with E-state index >= 15 is 0 Å². The SMILES string of the molecule is CC.CNc1cc(Cl)ccc1C(=N)c1cnc2c(n1)c(C(=O)NC1CCC(N)CC1)cn2SF. The monoisotopic (exact) mass is 505 g/mol. The van der Waals surface area contributed by atoms with Crippen molar-refractivity contribution in [2.75, 3.05) is 12.4 Å². The maximum atomic E-state index is 13.5. The second kappa shape index (κ2) is 11.6. The molecule has 1 aliphatic carbocycles. The number of carbonyl (C=O) groups excluding carboxylic acids is 1. The van der Waals surface area contributed by atoms with Gasteiger partial charge in [-0.25, -0.2) is 13.9 Å². The Labute approximate surface area is 207 Å². The van der Waals surface area contributed by atoms with Crippen LogP contribution >= 0.6 is 23.9 Å². The maximum Gasteiger partial charge on any atom is 0.255 e. The Hall–Kier alpha value is -2.69. The summed E-state index contributed by atoms with van der Waals surface area (Å²) in [6.07, 6.45) is 6.08. The molecule has 5 N–H and O–H groups in total. The zero-order valence-corrected chi connectivity index (χ0v) is 20.9. The molecule has 0 spiro atoms. The van der Waals surface area contributed by atoms with Crippen LogP contribution < -0.4 is 16.4 Å². The summed E-state index contributed by atoms with van der Waals surface area (Å²) in [4.78, 5) is 21.8. The van der Waals surface area contributed by atoms with Crippen molar-refractivity contribution in [3.8, 4) is 0 Å². The summed E-state index contributed by atoms with van der Waals surface area (Å²) < 4.78 is 14.7. The molecule has 0 bridgehead atoms. The quantitative estimate of drug-likeness (QED) is 0.352. The van der Waals surface area contributed by atoms with Gasteiger partial charge in [0.15, 0.2) is 18.0 Å². The van der Waals surface area contributed by atoms with E-state index in [0.717, 1.165) is 29.7 Å². The zero-order chi connectivity index (χ0) is 24.8. The molecule has 1 aliphatic rings. The van der Waals surface area contributed by atoms with Crippen molar-refractivity contribution in [3.05, 3.63) is 52.4 Å². The first kappa shape index (κ1) is 25.9. The maximum absolute atomic E-state index is 13.5. The van der Waals surface area contributed by atoms with Gasteiger partial charge in [0.1, 0.15) is 11.2 Å². The molecule has 0 saturated heterocycles. The van der Waals surface area contributed by atoms with Gasteiger partial charge in [-0.3, -0.25) is 10.2 Å². The minimum Gasteiger partial charge on any atom is -0.388 e. The number of rotatable bonds is 6. The molecule has 0 aliphatic heterocycles. The minimum absolute atomic E-state index is 0.0143. The van der Waals surface area contributed by atoms with Crippen molar-refractivity contribution >= 4 is 52.4 Å². The van der Waals surface area contributed by atoms with Crippen molar-refractivity contribution in [3.63, 3.8) is 0 Å². The van der Waals surface area contributed by atoms with Crippen LogP contribution in [0.15, 0.2) is 30.6 Å². The van der Waals surface area contributed by atoms with Crippen molar-refractivity contribution in [1.82, 2.24) is 19.3 Å². The summed E-state index contributed by atoms with van der Waals surface area (Å²) in [6, 6.07) is 5.29. The zero-order valence-electron chi connectivity index (χ0n) is 19.4. The number of halogens is 2. The van der Waals surface area contributed by atoms with E-state index in [4.69, 9.17) is 22.7 Å². The first-order valence-electron chi connectivity index (χ1n) is 11.2. The lowest BCUT2D eigenvalue weighted by Gasteiger charge is -2.26. The Bertz CT molecular complexity index is 1180. The number of carbonyl (C=O) groups is 1. The van der Waals surface area contributed by atoms with Gasteiger partial charge in [0.2, 0.25) is 0 Å². The number of nitrogens with two attached hydrogens (primary N) is 1. The van der Waals surface area contributed by atoms with Gasteiger partial charge in [-0.1, -0.05) is 25.4 Å². The number of hydrogen-bond donors (Lipinski definition) is 4. The average molecular weight is 506 g/mol. The number of aromatic nitrogens is 3. The highest BCUT2D eigenvalue weighted by Gasteiger charge is 2.25. The molecule has 1 fully saturated rings.